The average Bonchev–Trinajstić information content (AvgIpc) is 3.30. The highest BCUT2D eigenvalue weighted by Crippen LogP contribution is 2.33. The maximum Gasteiger partial charge on any atom is 0.410 e. The molecular weight excluding hydrogens is 484 g/mol. The molecule has 2 aromatic carbocycles. The van der Waals surface area contributed by atoms with Gasteiger partial charge in [-0.25, -0.2) is 14.8 Å². The Kier molecular flexibility index (Phi) is 7.68. The number of anilines is 1. The van der Waals surface area contributed by atoms with E-state index < -0.39 is 5.60 Å². The predicted molar refractivity (Wildman–Crippen MR) is 150 cm³/mol. The molecule has 4 rings (SSSR count). The van der Waals surface area contributed by atoms with E-state index in [-0.39, 0.29) is 6.09 Å². The lowest BCUT2D eigenvalue weighted by atomic mass is 10.1. The molecule has 4 aromatic rings. The number of carbonyl (C=O) groups excluding carboxylic acids is 1. The number of hydrogen-bond donors (Lipinski definition) is 1. The van der Waals surface area contributed by atoms with Crippen LogP contribution >= 0.6 is 11.3 Å². The molecule has 0 unspecified atom stereocenters. The van der Waals surface area contributed by atoms with Crippen LogP contribution in [0.5, 0.6) is 5.75 Å². The average molecular weight is 519 g/mol. The van der Waals surface area contributed by atoms with Crippen molar-refractivity contribution in [3.63, 3.8) is 0 Å². The van der Waals surface area contributed by atoms with E-state index in [9.17, 15) is 4.79 Å². The van der Waals surface area contributed by atoms with Crippen molar-refractivity contribution >= 4 is 34.2 Å². The zero-order valence-corrected chi connectivity index (χ0v) is 23.3. The maximum absolute atomic E-state index is 12.5. The number of thiophene rings is 1. The molecular formula is C29H34N4O3S. The van der Waals surface area contributed by atoms with Crippen LogP contribution in [0.15, 0.2) is 48.5 Å². The van der Waals surface area contributed by atoms with Gasteiger partial charge in [0, 0.05) is 34.8 Å². The predicted octanol–water partition coefficient (Wildman–Crippen LogP) is 6.96. The molecule has 0 spiro atoms. The number of hydrogen-bond acceptors (Lipinski definition) is 7. The summed E-state index contributed by atoms with van der Waals surface area (Å²) in [5.41, 5.74) is 3.54. The largest absolute Gasteiger partial charge is 0.496 e. The van der Waals surface area contributed by atoms with Gasteiger partial charge in [-0.2, -0.15) is 0 Å². The first-order valence-electron chi connectivity index (χ1n) is 12.2. The first kappa shape index (κ1) is 26.4. The highest BCUT2D eigenvalue weighted by molar-refractivity contribution is 7.15. The third-order valence-corrected chi connectivity index (χ3v) is 6.93. The van der Waals surface area contributed by atoms with E-state index in [4.69, 9.17) is 9.47 Å². The van der Waals surface area contributed by atoms with Crippen molar-refractivity contribution in [1.82, 2.24) is 14.9 Å². The van der Waals surface area contributed by atoms with Gasteiger partial charge in [-0.05, 0) is 69.5 Å². The fraction of sp³-hybridized carbons (Fsp3) is 0.345. The van der Waals surface area contributed by atoms with Crippen molar-refractivity contribution in [1.29, 1.82) is 0 Å². The molecule has 1 N–H and O–H groups in total. The molecule has 2 aromatic heterocycles. The fourth-order valence-corrected chi connectivity index (χ4v) is 5.09. The second kappa shape index (κ2) is 10.8. The van der Waals surface area contributed by atoms with Crippen molar-refractivity contribution < 1.29 is 14.3 Å². The summed E-state index contributed by atoms with van der Waals surface area (Å²) in [7, 11) is 3.43. The Morgan fingerprint density at radius 1 is 1.08 bits per heavy atom. The Balaban J connectivity index is 1.52. The minimum absolute atomic E-state index is 0.335. The smallest absolute Gasteiger partial charge is 0.410 e. The molecule has 2 heterocycles. The van der Waals surface area contributed by atoms with Crippen LogP contribution in [0.2, 0.25) is 0 Å². The summed E-state index contributed by atoms with van der Waals surface area (Å²) >= 11 is 1.72. The van der Waals surface area contributed by atoms with Gasteiger partial charge < -0.3 is 19.7 Å². The van der Waals surface area contributed by atoms with Crippen LogP contribution in [0.25, 0.3) is 21.3 Å². The first-order chi connectivity index (χ1) is 17.5. The summed E-state index contributed by atoms with van der Waals surface area (Å²) in [6.07, 6.45) is -0.335. The van der Waals surface area contributed by atoms with Crippen LogP contribution < -0.4 is 10.1 Å². The molecule has 0 aliphatic rings. The summed E-state index contributed by atoms with van der Waals surface area (Å²) < 4.78 is 11.0. The number of rotatable bonds is 7. The first-order valence-corrected chi connectivity index (χ1v) is 13.0. The number of ether oxygens (including phenoxy) is 2. The molecule has 1 amide bonds. The minimum Gasteiger partial charge on any atom is -0.496 e. The summed E-state index contributed by atoms with van der Waals surface area (Å²) in [5, 5.41) is 4.48. The number of aromatic nitrogens is 2. The topological polar surface area (TPSA) is 76.6 Å². The van der Waals surface area contributed by atoms with Crippen molar-refractivity contribution in [2.75, 3.05) is 19.5 Å². The lowest BCUT2D eigenvalue weighted by Crippen LogP contribution is -2.33. The van der Waals surface area contributed by atoms with E-state index >= 15 is 0 Å². The highest BCUT2D eigenvalue weighted by atomic mass is 32.1. The Morgan fingerprint density at radius 2 is 1.84 bits per heavy atom. The van der Waals surface area contributed by atoms with Gasteiger partial charge >= 0.3 is 6.09 Å². The lowest BCUT2D eigenvalue weighted by Gasteiger charge is -2.25. The molecule has 37 heavy (non-hydrogen) atoms. The number of nitrogens with one attached hydrogen (secondary N) is 1. The van der Waals surface area contributed by atoms with Crippen molar-refractivity contribution in [2.45, 2.75) is 53.3 Å². The number of aryl methyl sites for hydroxylation is 2. The number of fused-ring (bicyclic) bond motifs is 1. The van der Waals surface area contributed by atoms with Crippen molar-refractivity contribution in [2.24, 2.45) is 0 Å². The van der Waals surface area contributed by atoms with Gasteiger partial charge in [0.05, 0.1) is 19.2 Å². The maximum atomic E-state index is 12.5. The van der Waals surface area contributed by atoms with Gasteiger partial charge in [-0.3, -0.25) is 0 Å². The van der Waals surface area contributed by atoms with E-state index in [0.29, 0.717) is 18.9 Å². The molecule has 8 heteroatoms. The molecule has 194 valence electrons. The Bertz CT molecular complexity index is 1420. The summed E-state index contributed by atoms with van der Waals surface area (Å²) in [6, 6.07) is 16.5. The monoisotopic (exact) mass is 518 g/mol. The number of carbonyl (C=O) groups is 1. The van der Waals surface area contributed by atoms with Crippen LogP contribution in [-0.2, 0) is 17.8 Å². The van der Waals surface area contributed by atoms with Gasteiger partial charge in [0.2, 0.25) is 0 Å². The van der Waals surface area contributed by atoms with Gasteiger partial charge in [0.15, 0.2) is 0 Å². The Labute approximate surface area is 222 Å². The molecule has 0 fully saturated rings. The zero-order valence-electron chi connectivity index (χ0n) is 22.5. The minimum atomic E-state index is -0.529. The molecule has 0 atom stereocenters. The number of amides is 1. The normalized spacial score (nSPS) is 11.4. The van der Waals surface area contributed by atoms with Gasteiger partial charge in [0.25, 0.3) is 0 Å². The molecule has 0 aliphatic carbocycles. The standard InChI is InChI=1S/C29H34N4O3S/c1-18-14-23-24(15-25(18)35-7)31-19(2)32-27(23)30-16-21-12-13-26(37-21)22-11-9-8-10-20(22)17-33(6)28(34)36-29(3,4)5/h8-15H,16-17H2,1-7H3,(H,30,31,32). The van der Waals surface area contributed by atoms with Gasteiger partial charge in [-0.15, -0.1) is 11.3 Å². The number of nitrogens with zero attached hydrogens (tertiary/aromatic N) is 3. The molecule has 7 nitrogen and oxygen atoms in total. The second-order valence-corrected chi connectivity index (χ2v) is 11.2. The molecule has 0 saturated carbocycles. The lowest BCUT2D eigenvalue weighted by molar-refractivity contribution is 0.0285. The second-order valence-electron chi connectivity index (χ2n) is 10.1. The van der Waals surface area contributed by atoms with Gasteiger partial charge in [-0.1, -0.05) is 24.3 Å². The molecule has 0 bridgehead atoms. The van der Waals surface area contributed by atoms with Crippen LogP contribution in [0, 0.1) is 13.8 Å². The Morgan fingerprint density at radius 3 is 2.57 bits per heavy atom. The van der Waals surface area contributed by atoms with E-state index in [1.54, 1.807) is 30.4 Å². The summed E-state index contributed by atoms with van der Waals surface area (Å²) in [6.45, 7) is 10.6. The summed E-state index contributed by atoms with van der Waals surface area (Å²) in [4.78, 5) is 25.7. The van der Waals surface area contributed by atoms with Crippen molar-refractivity contribution in [3.05, 3.63) is 70.4 Å². The van der Waals surface area contributed by atoms with Crippen LogP contribution in [0.4, 0.5) is 10.6 Å². The third-order valence-electron chi connectivity index (χ3n) is 5.81. The van der Waals surface area contributed by atoms with E-state index in [0.717, 1.165) is 44.0 Å². The third kappa shape index (κ3) is 6.38. The van der Waals surface area contributed by atoms with Gasteiger partial charge in [0.1, 0.15) is 23.0 Å². The number of methoxy groups -OCH3 is 1. The number of benzene rings is 2. The molecule has 0 aliphatic heterocycles. The van der Waals surface area contributed by atoms with Crippen LogP contribution in [0.1, 0.15) is 42.6 Å². The molecule has 0 saturated heterocycles. The zero-order chi connectivity index (χ0) is 26.7. The van der Waals surface area contributed by atoms with E-state index in [1.165, 1.54) is 4.88 Å². The quantitative estimate of drug-likeness (QED) is 0.285. The Hall–Kier alpha value is -3.65. The molecule has 0 radical (unpaired) electrons. The van der Waals surface area contributed by atoms with Crippen molar-refractivity contribution in [3.8, 4) is 16.2 Å². The summed E-state index contributed by atoms with van der Waals surface area (Å²) in [5.74, 6) is 2.33. The van der Waals surface area contributed by atoms with Crippen LogP contribution in [-0.4, -0.2) is 40.7 Å². The SMILES string of the molecule is COc1cc2nc(C)nc(NCc3ccc(-c4ccccc4CN(C)C(=O)OC(C)(C)C)s3)c2cc1C. The van der Waals surface area contributed by atoms with E-state index in [2.05, 4.69) is 45.6 Å². The highest BCUT2D eigenvalue weighted by Gasteiger charge is 2.20. The fourth-order valence-electron chi connectivity index (χ4n) is 4.08. The van der Waals surface area contributed by atoms with Crippen LogP contribution in [0.3, 0.4) is 0 Å². The van der Waals surface area contributed by atoms with E-state index in [1.807, 2.05) is 52.8 Å².